The fourth-order valence-electron chi connectivity index (χ4n) is 1.92. The average molecular weight is 227 g/mol. The summed E-state index contributed by atoms with van der Waals surface area (Å²) in [6, 6.07) is 2.06. The second-order valence-corrected chi connectivity index (χ2v) is 4.14. The van der Waals surface area contributed by atoms with Crippen molar-refractivity contribution >= 4 is 11.6 Å². The molecule has 4 heteroatoms. The molecule has 3 nitrogen and oxygen atoms in total. The van der Waals surface area contributed by atoms with Crippen LogP contribution in [-0.4, -0.2) is 23.2 Å². The minimum Gasteiger partial charge on any atom is -0.381 e. The molecule has 82 valence electrons. The highest BCUT2D eigenvalue weighted by molar-refractivity contribution is 6.16. The molecule has 1 aliphatic heterocycles. The fraction of sp³-hybridized carbons (Fsp3) is 0.636. The van der Waals surface area contributed by atoms with Crippen molar-refractivity contribution in [2.24, 2.45) is 0 Å². The molecule has 1 aromatic rings. The Balaban J connectivity index is 2.22. The number of ether oxygens (including phenoxy) is 1. The van der Waals surface area contributed by atoms with Crippen LogP contribution in [0.2, 0.25) is 0 Å². The Morgan fingerprint density at radius 1 is 1.40 bits per heavy atom. The van der Waals surface area contributed by atoms with Gasteiger partial charge in [-0.05, 0) is 25.8 Å². The molecule has 0 atom stereocenters. The summed E-state index contributed by atoms with van der Waals surface area (Å²) in [5, 5.41) is 0. The van der Waals surface area contributed by atoms with E-state index >= 15 is 0 Å². The van der Waals surface area contributed by atoms with Gasteiger partial charge in [-0.2, -0.15) is 0 Å². The molecule has 0 aliphatic carbocycles. The topological polar surface area (TPSA) is 35.0 Å². The van der Waals surface area contributed by atoms with Crippen LogP contribution < -0.4 is 0 Å². The van der Waals surface area contributed by atoms with Crippen molar-refractivity contribution in [2.45, 2.75) is 31.6 Å². The number of hydrogen-bond acceptors (Lipinski definition) is 3. The van der Waals surface area contributed by atoms with Crippen LogP contribution in [0.5, 0.6) is 0 Å². The van der Waals surface area contributed by atoms with Crippen molar-refractivity contribution in [3.63, 3.8) is 0 Å². The quantitative estimate of drug-likeness (QED) is 0.727. The van der Waals surface area contributed by atoms with Crippen LogP contribution in [0.3, 0.4) is 0 Å². The van der Waals surface area contributed by atoms with E-state index in [0.29, 0.717) is 11.8 Å². The Bertz CT molecular complexity index is 337. The predicted molar refractivity (Wildman–Crippen MR) is 59.1 cm³/mol. The zero-order chi connectivity index (χ0) is 10.7. The molecule has 0 amide bonds. The first-order chi connectivity index (χ1) is 7.29. The molecular weight excluding hydrogens is 212 g/mol. The van der Waals surface area contributed by atoms with Crippen LogP contribution in [0.15, 0.2) is 6.07 Å². The van der Waals surface area contributed by atoms with E-state index < -0.39 is 0 Å². The molecule has 2 rings (SSSR count). The molecule has 1 saturated heterocycles. The summed E-state index contributed by atoms with van der Waals surface area (Å²) in [6.07, 6.45) is 2.11. The van der Waals surface area contributed by atoms with E-state index in [0.717, 1.165) is 43.3 Å². The highest BCUT2D eigenvalue weighted by Crippen LogP contribution is 2.25. The lowest BCUT2D eigenvalue weighted by atomic mass is 9.96. The van der Waals surface area contributed by atoms with Crippen LogP contribution in [0, 0.1) is 6.92 Å². The van der Waals surface area contributed by atoms with Gasteiger partial charge in [-0.25, -0.2) is 9.97 Å². The van der Waals surface area contributed by atoms with E-state index in [1.807, 2.05) is 6.92 Å². The van der Waals surface area contributed by atoms with Gasteiger partial charge in [0.25, 0.3) is 0 Å². The average Bonchev–Trinajstić information content (AvgIpc) is 2.29. The molecule has 15 heavy (non-hydrogen) atoms. The van der Waals surface area contributed by atoms with Gasteiger partial charge in [0.05, 0.1) is 5.88 Å². The van der Waals surface area contributed by atoms with Gasteiger partial charge in [-0.3, -0.25) is 0 Å². The minimum absolute atomic E-state index is 0.387. The van der Waals surface area contributed by atoms with Gasteiger partial charge >= 0.3 is 0 Å². The smallest absolute Gasteiger partial charge is 0.143 e. The second-order valence-electron chi connectivity index (χ2n) is 3.87. The Hall–Kier alpha value is -0.670. The fourth-order valence-corrected chi connectivity index (χ4v) is 2.04. The predicted octanol–water partition coefficient (Wildman–Crippen LogP) is 2.42. The summed E-state index contributed by atoms with van der Waals surface area (Å²) in [4.78, 5) is 8.75. The first-order valence-electron chi connectivity index (χ1n) is 5.28. The van der Waals surface area contributed by atoms with Crippen molar-refractivity contribution in [3.8, 4) is 0 Å². The number of alkyl halides is 1. The molecule has 0 spiro atoms. The number of aryl methyl sites for hydroxylation is 1. The summed E-state index contributed by atoms with van der Waals surface area (Å²) in [7, 11) is 0. The lowest BCUT2D eigenvalue weighted by Crippen LogP contribution is -2.16. The van der Waals surface area contributed by atoms with Crippen LogP contribution in [0.1, 0.15) is 36.0 Å². The highest BCUT2D eigenvalue weighted by atomic mass is 35.5. The lowest BCUT2D eigenvalue weighted by molar-refractivity contribution is 0.0844. The maximum Gasteiger partial charge on any atom is 0.143 e. The Morgan fingerprint density at radius 2 is 2.13 bits per heavy atom. The minimum atomic E-state index is 0.387. The Labute approximate surface area is 94.8 Å². The van der Waals surface area contributed by atoms with E-state index in [1.54, 1.807) is 0 Å². The van der Waals surface area contributed by atoms with E-state index in [2.05, 4.69) is 16.0 Å². The van der Waals surface area contributed by atoms with Crippen molar-refractivity contribution in [1.29, 1.82) is 0 Å². The monoisotopic (exact) mass is 226 g/mol. The van der Waals surface area contributed by atoms with Gasteiger partial charge in [-0.15, -0.1) is 11.6 Å². The summed E-state index contributed by atoms with van der Waals surface area (Å²) >= 11 is 5.76. The van der Waals surface area contributed by atoms with Gasteiger partial charge < -0.3 is 4.74 Å². The molecule has 0 unspecified atom stereocenters. The number of halogens is 1. The van der Waals surface area contributed by atoms with Gasteiger partial charge in [0, 0.05) is 30.5 Å². The summed E-state index contributed by atoms with van der Waals surface area (Å²) in [5.74, 6) is 1.64. The first kappa shape index (κ1) is 10.8. The molecule has 0 bridgehead atoms. The summed E-state index contributed by atoms with van der Waals surface area (Å²) in [6.45, 7) is 3.66. The maximum absolute atomic E-state index is 5.76. The van der Waals surface area contributed by atoms with E-state index in [-0.39, 0.29) is 0 Å². The Morgan fingerprint density at radius 3 is 2.80 bits per heavy atom. The van der Waals surface area contributed by atoms with Crippen molar-refractivity contribution in [1.82, 2.24) is 9.97 Å². The number of rotatable bonds is 2. The van der Waals surface area contributed by atoms with Crippen molar-refractivity contribution in [3.05, 3.63) is 23.3 Å². The molecule has 0 radical (unpaired) electrons. The largest absolute Gasteiger partial charge is 0.381 e. The van der Waals surface area contributed by atoms with Crippen molar-refractivity contribution < 1.29 is 4.74 Å². The van der Waals surface area contributed by atoms with Crippen molar-refractivity contribution in [2.75, 3.05) is 13.2 Å². The molecule has 0 aromatic carbocycles. The molecule has 0 saturated carbocycles. The van der Waals surface area contributed by atoms with E-state index in [9.17, 15) is 0 Å². The number of hydrogen-bond donors (Lipinski definition) is 0. The first-order valence-corrected chi connectivity index (χ1v) is 5.81. The SMILES string of the molecule is Cc1cc(C2CCOCC2)nc(CCl)n1. The normalized spacial score (nSPS) is 18.0. The van der Waals surface area contributed by atoms with E-state index in [4.69, 9.17) is 16.3 Å². The van der Waals surface area contributed by atoms with Crippen LogP contribution in [0.4, 0.5) is 0 Å². The van der Waals surface area contributed by atoms with Crippen LogP contribution >= 0.6 is 11.6 Å². The summed E-state index contributed by atoms with van der Waals surface area (Å²) in [5.41, 5.74) is 2.13. The molecule has 1 aliphatic rings. The van der Waals surface area contributed by atoms with Gasteiger partial charge in [0.2, 0.25) is 0 Å². The molecular formula is C11H15ClN2O. The van der Waals surface area contributed by atoms with Gasteiger partial charge in [0.15, 0.2) is 0 Å². The third-order valence-electron chi connectivity index (χ3n) is 2.68. The third-order valence-corrected chi connectivity index (χ3v) is 2.92. The molecule has 1 aromatic heterocycles. The third kappa shape index (κ3) is 2.67. The maximum atomic E-state index is 5.76. The van der Waals surface area contributed by atoms with Gasteiger partial charge in [0.1, 0.15) is 5.82 Å². The summed E-state index contributed by atoms with van der Waals surface area (Å²) < 4.78 is 5.34. The molecule has 2 heterocycles. The molecule has 1 fully saturated rings. The molecule has 0 N–H and O–H groups in total. The zero-order valence-corrected chi connectivity index (χ0v) is 9.63. The lowest BCUT2D eigenvalue weighted by Gasteiger charge is -2.21. The van der Waals surface area contributed by atoms with E-state index in [1.165, 1.54) is 0 Å². The number of nitrogens with zero attached hydrogens (tertiary/aromatic N) is 2. The van der Waals surface area contributed by atoms with Gasteiger partial charge in [-0.1, -0.05) is 0 Å². The van der Waals surface area contributed by atoms with Crippen LogP contribution in [-0.2, 0) is 10.6 Å². The second kappa shape index (κ2) is 4.90. The highest BCUT2D eigenvalue weighted by Gasteiger charge is 2.18. The van der Waals surface area contributed by atoms with Crippen LogP contribution in [0.25, 0.3) is 0 Å². The Kier molecular flexibility index (Phi) is 3.54. The standard InChI is InChI=1S/C11H15ClN2O/c1-8-6-10(14-11(7-12)13-8)9-2-4-15-5-3-9/h6,9H,2-5,7H2,1H3. The number of aromatic nitrogens is 2. The zero-order valence-electron chi connectivity index (χ0n) is 8.87.